The quantitative estimate of drug-likeness (QED) is 0.817. The first-order valence-electron chi connectivity index (χ1n) is 7.51. The van der Waals surface area contributed by atoms with Crippen LogP contribution in [-0.2, 0) is 4.79 Å². The van der Waals surface area contributed by atoms with Crippen molar-refractivity contribution in [1.82, 2.24) is 4.90 Å². The van der Waals surface area contributed by atoms with Gasteiger partial charge in [0.2, 0.25) is 5.91 Å². The van der Waals surface area contributed by atoms with Crippen molar-refractivity contribution < 1.29 is 4.79 Å². The summed E-state index contributed by atoms with van der Waals surface area (Å²) in [4.78, 5) is 14.1. The Bertz CT molecular complexity index is 683. The van der Waals surface area contributed by atoms with Gasteiger partial charge in [-0.2, -0.15) is 0 Å². The number of aryl methyl sites for hydroxylation is 1. The maximum absolute atomic E-state index is 12.1. The van der Waals surface area contributed by atoms with Crippen molar-refractivity contribution in [3.8, 4) is 0 Å². The van der Waals surface area contributed by atoms with Crippen LogP contribution in [0.4, 0.5) is 5.69 Å². The molecule has 0 bridgehead atoms. The van der Waals surface area contributed by atoms with Crippen LogP contribution in [0, 0.1) is 6.92 Å². The second-order valence-electron chi connectivity index (χ2n) is 5.52. The molecule has 0 saturated carbocycles. The first-order valence-corrected chi connectivity index (χ1v) is 8.30. The van der Waals surface area contributed by atoms with Gasteiger partial charge in [-0.05, 0) is 43.3 Å². The summed E-state index contributed by atoms with van der Waals surface area (Å²) in [6.07, 6.45) is 4.13. The minimum atomic E-state index is -0.00830. The number of nitrogens with zero attached hydrogens (tertiary/aromatic N) is 1. The summed E-state index contributed by atoms with van der Waals surface area (Å²) in [6, 6.07) is 16.0. The number of hydrogen-bond acceptors (Lipinski definition) is 2. The Hall–Kier alpha value is -1.91. The smallest absolute Gasteiger partial charge is 0.238 e. The van der Waals surface area contributed by atoms with Gasteiger partial charge in [0.15, 0.2) is 0 Å². The lowest BCUT2D eigenvalue weighted by Crippen LogP contribution is -2.30. The maximum atomic E-state index is 12.1. The predicted molar refractivity (Wildman–Crippen MR) is 100 cm³/mol. The van der Waals surface area contributed by atoms with Crippen LogP contribution in [0.3, 0.4) is 0 Å². The highest BCUT2D eigenvalue weighted by molar-refractivity contribution is 9.10. The molecule has 0 atom stereocenters. The van der Waals surface area contributed by atoms with Gasteiger partial charge in [-0.3, -0.25) is 9.69 Å². The minimum Gasteiger partial charge on any atom is -0.325 e. The Balaban J connectivity index is 1.81. The molecule has 1 amide bonds. The molecule has 3 nitrogen and oxygen atoms in total. The van der Waals surface area contributed by atoms with Crippen molar-refractivity contribution in [1.29, 1.82) is 0 Å². The molecule has 2 rings (SSSR count). The fourth-order valence-electron chi connectivity index (χ4n) is 2.20. The summed E-state index contributed by atoms with van der Waals surface area (Å²) < 4.78 is 1.01. The Morgan fingerprint density at radius 3 is 2.65 bits per heavy atom. The second-order valence-corrected chi connectivity index (χ2v) is 6.43. The van der Waals surface area contributed by atoms with E-state index in [2.05, 4.69) is 45.5 Å². The van der Waals surface area contributed by atoms with Gasteiger partial charge in [0, 0.05) is 16.7 Å². The SMILES string of the molecule is Cc1cc(Br)ccc1NC(=O)CN(C)C/C=C/c1ccccc1. The van der Waals surface area contributed by atoms with E-state index in [1.165, 1.54) is 0 Å². The molecule has 0 saturated heterocycles. The lowest BCUT2D eigenvalue weighted by molar-refractivity contribution is -0.116. The first kappa shape index (κ1) is 17.4. The third kappa shape index (κ3) is 6.00. The summed E-state index contributed by atoms with van der Waals surface area (Å²) in [5.74, 6) is -0.00830. The normalized spacial score (nSPS) is 11.1. The molecule has 0 aliphatic rings. The molecule has 4 heteroatoms. The lowest BCUT2D eigenvalue weighted by Gasteiger charge is -2.15. The van der Waals surface area contributed by atoms with Gasteiger partial charge in [-0.1, -0.05) is 58.4 Å². The summed E-state index contributed by atoms with van der Waals surface area (Å²) in [5, 5.41) is 2.95. The average Bonchev–Trinajstić information content (AvgIpc) is 2.51. The van der Waals surface area contributed by atoms with E-state index in [1.807, 2.05) is 55.3 Å². The van der Waals surface area contributed by atoms with E-state index in [1.54, 1.807) is 0 Å². The van der Waals surface area contributed by atoms with Gasteiger partial charge in [-0.25, -0.2) is 0 Å². The van der Waals surface area contributed by atoms with Crippen LogP contribution >= 0.6 is 15.9 Å². The van der Waals surface area contributed by atoms with Gasteiger partial charge in [0.05, 0.1) is 6.54 Å². The summed E-state index contributed by atoms with van der Waals surface area (Å²) in [5.41, 5.74) is 3.06. The molecule has 0 unspecified atom stereocenters. The molecule has 0 spiro atoms. The van der Waals surface area contributed by atoms with Crippen LogP contribution < -0.4 is 5.32 Å². The molecule has 0 fully saturated rings. The molecule has 0 aliphatic heterocycles. The van der Waals surface area contributed by atoms with E-state index in [9.17, 15) is 4.79 Å². The molecular formula is C19H21BrN2O. The number of carbonyl (C=O) groups excluding carboxylic acids is 1. The topological polar surface area (TPSA) is 32.3 Å². The first-order chi connectivity index (χ1) is 11.0. The van der Waals surface area contributed by atoms with Crippen molar-refractivity contribution >= 4 is 33.6 Å². The van der Waals surface area contributed by atoms with Gasteiger partial charge < -0.3 is 5.32 Å². The van der Waals surface area contributed by atoms with E-state index >= 15 is 0 Å². The highest BCUT2D eigenvalue weighted by Crippen LogP contribution is 2.19. The summed E-state index contributed by atoms with van der Waals surface area (Å²) >= 11 is 3.42. The highest BCUT2D eigenvalue weighted by Gasteiger charge is 2.07. The van der Waals surface area contributed by atoms with Gasteiger partial charge in [0.25, 0.3) is 0 Å². The van der Waals surface area contributed by atoms with Crippen molar-refractivity contribution in [2.75, 3.05) is 25.5 Å². The van der Waals surface area contributed by atoms with Crippen molar-refractivity contribution in [2.24, 2.45) is 0 Å². The van der Waals surface area contributed by atoms with Crippen LogP contribution in [0.5, 0.6) is 0 Å². The van der Waals surface area contributed by atoms with E-state index in [4.69, 9.17) is 0 Å². The largest absolute Gasteiger partial charge is 0.325 e. The number of halogens is 1. The number of amides is 1. The zero-order valence-electron chi connectivity index (χ0n) is 13.4. The molecule has 0 heterocycles. The number of likely N-dealkylation sites (N-methyl/N-ethyl adjacent to an activating group) is 1. The maximum Gasteiger partial charge on any atom is 0.238 e. The van der Waals surface area contributed by atoms with Crippen LogP contribution in [0.1, 0.15) is 11.1 Å². The van der Waals surface area contributed by atoms with E-state index in [0.717, 1.165) is 27.8 Å². The fourth-order valence-corrected chi connectivity index (χ4v) is 2.68. The van der Waals surface area contributed by atoms with Crippen LogP contribution in [0.25, 0.3) is 6.08 Å². The zero-order chi connectivity index (χ0) is 16.7. The monoisotopic (exact) mass is 372 g/mol. The van der Waals surface area contributed by atoms with E-state index in [0.29, 0.717) is 6.54 Å². The van der Waals surface area contributed by atoms with Crippen LogP contribution in [0.2, 0.25) is 0 Å². The average molecular weight is 373 g/mol. The molecular weight excluding hydrogens is 352 g/mol. The molecule has 0 aromatic heterocycles. The lowest BCUT2D eigenvalue weighted by atomic mass is 10.2. The summed E-state index contributed by atoms with van der Waals surface area (Å²) in [6.45, 7) is 3.06. The van der Waals surface area contributed by atoms with Crippen LogP contribution in [-0.4, -0.2) is 30.9 Å². The molecule has 1 N–H and O–H groups in total. The van der Waals surface area contributed by atoms with Crippen molar-refractivity contribution in [3.05, 3.63) is 70.2 Å². The third-order valence-corrected chi connectivity index (χ3v) is 3.90. The van der Waals surface area contributed by atoms with Crippen molar-refractivity contribution in [3.63, 3.8) is 0 Å². The Morgan fingerprint density at radius 2 is 1.96 bits per heavy atom. The van der Waals surface area contributed by atoms with Crippen molar-refractivity contribution in [2.45, 2.75) is 6.92 Å². The Kier molecular flexibility index (Phi) is 6.56. The molecule has 120 valence electrons. The van der Waals surface area contributed by atoms with Gasteiger partial charge >= 0.3 is 0 Å². The number of carbonyl (C=O) groups is 1. The number of benzene rings is 2. The standard InChI is InChI=1S/C19H21BrN2O/c1-15-13-17(20)10-11-18(15)21-19(23)14-22(2)12-6-9-16-7-4-3-5-8-16/h3-11,13H,12,14H2,1-2H3,(H,21,23)/b9-6+. The Morgan fingerprint density at radius 1 is 1.22 bits per heavy atom. The highest BCUT2D eigenvalue weighted by atomic mass is 79.9. The predicted octanol–water partition coefficient (Wildman–Crippen LogP) is 4.34. The Labute approximate surface area is 146 Å². The third-order valence-electron chi connectivity index (χ3n) is 3.40. The molecule has 23 heavy (non-hydrogen) atoms. The minimum absolute atomic E-state index is 0.00830. The summed E-state index contributed by atoms with van der Waals surface area (Å²) in [7, 11) is 1.93. The van der Waals surface area contributed by atoms with E-state index < -0.39 is 0 Å². The van der Waals surface area contributed by atoms with Crippen LogP contribution in [0.15, 0.2) is 59.1 Å². The van der Waals surface area contributed by atoms with Gasteiger partial charge in [0.1, 0.15) is 0 Å². The number of hydrogen-bond donors (Lipinski definition) is 1. The molecule has 0 radical (unpaired) electrons. The second kappa shape index (κ2) is 8.65. The molecule has 2 aromatic rings. The number of rotatable bonds is 6. The fraction of sp³-hybridized carbons (Fsp3) is 0.211. The van der Waals surface area contributed by atoms with E-state index in [-0.39, 0.29) is 5.91 Å². The number of anilines is 1. The molecule has 2 aromatic carbocycles. The number of nitrogens with one attached hydrogen (secondary N) is 1. The molecule has 0 aliphatic carbocycles. The van der Waals surface area contributed by atoms with Gasteiger partial charge in [-0.15, -0.1) is 0 Å². The zero-order valence-corrected chi connectivity index (χ0v) is 15.0.